The summed E-state index contributed by atoms with van der Waals surface area (Å²) < 4.78 is 5.48. The third-order valence-electron chi connectivity index (χ3n) is 5.39. The molecule has 166 valence electrons. The summed E-state index contributed by atoms with van der Waals surface area (Å²) in [6.45, 7) is 2.61. The first-order valence-corrected chi connectivity index (χ1v) is 11.4. The number of thioether (sulfide) groups is 1. The normalized spacial score (nSPS) is 17.8. The maximum absolute atomic E-state index is 13.3. The van der Waals surface area contributed by atoms with Crippen LogP contribution in [0.5, 0.6) is 0 Å². The maximum Gasteiger partial charge on any atom is 0.268 e. The maximum atomic E-state index is 13.3. The molecule has 1 saturated heterocycles. The summed E-state index contributed by atoms with van der Waals surface area (Å²) in [5.41, 5.74) is 3.80. The number of carbonyl (C=O) groups excluding carboxylic acids is 2. The molecule has 7 nitrogen and oxygen atoms in total. The van der Waals surface area contributed by atoms with Gasteiger partial charge in [-0.2, -0.15) is 0 Å². The zero-order chi connectivity index (χ0) is 22.8. The fourth-order valence-corrected chi connectivity index (χ4v) is 4.83. The summed E-state index contributed by atoms with van der Waals surface area (Å²) in [6, 6.07) is 19.1. The number of anilines is 2. The van der Waals surface area contributed by atoms with E-state index in [0.717, 1.165) is 18.7 Å². The highest BCUT2D eigenvalue weighted by atomic mass is 32.2. The second-order valence-electron chi connectivity index (χ2n) is 7.76. The second kappa shape index (κ2) is 8.99. The van der Waals surface area contributed by atoms with E-state index in [1.165, 1.54) is 24.2 Å². The quantitative estimate of drug-likeness (QED) is 0.550. The molecule has 0 saturated carbocycles. The zero-order valence-corrected chi connectivity index (χ0v) is 18.8. The van der Waals surface area contributed by atoms with Crippen LogP contribution in [-0.4, -0.2) is 28.4 Å². The molecule has 1 aromatic heterocycles. The molecule has 2 aliphatic heterocycles. The van der Waals surface area contributed by atoms with Crippen molar-refractivity contribution in [3.8, 4) is 0 Å². The molecule has 8 heteroatoms. The Hall–Kier alpha value is -3.78. The Bertz CT molecular complexity index is 1250. The number of amides is 2. The van der Waals surface area contributed by atoms with Gasteiger partial charge in [-0.25, -0.2) is 4.99 Å². The molecule has 2 amide bonds. The van der Waals surface area contributed by atoms with Crippen molar-refractivity contribution < 1.29 is 14.0 Å². The topological polar surface area (TPSA) is 78.2 Å². The van der Waals surface area contributed by atoms with E-state index >= 15 is 0 Å². The van der Waals surface area contributed by atoms with Crippen LogP contribution in [0, 0.1) is 0 Å². The third kappa shape index (κ3) is 4.56. The standard InChI is InChI=1S/C25H22N4O3S/c1-17(30)26-19-8-10-20(11-9-19)27-25-29(15-21-6-4-14-32-21)24(31)23(33-25)16-28-13-12-18-5-2-3-7-22(18)28/h2-11,14,16H,12-13,15H2,1H3,(H,26,30). The molecule has 3 aromatic rings. The average molecular weight is 459 g/mol. The molecule has 1 N–H and O–H groups in total. The van der Waals surface area contributed by atoms with Crippen LogP contribution in [-0.2, 0) is 22.6 Å². The summed E-state index contributed by atoms with van der Waals surface area (Å²) in [5, 5.41) is 3.33. The Balaban J connectivity index is 1.44. The molecule has 2 aromatic carbocycles. The van der Waals surface area contributed by atoms with Crippen molar-refractivity contribution in [2.45, 2.75) is 19.9 Å². The molecule has 0 unspecified atom stereocenters. The summed E-state index contributed by atoms with van der Waals surface area (Å²) in [5.74, 6) is 0.453. The zero-order valence-electron chi connectivity index (χ0n) is 18.0. The smallest absolute Gasteiger partial charge is 0.268 e. The van der Waals surface area contributed by atoms with Crippen LogP contribution in [0.4, 0.5) is 17.1 Å². The molecular weight excluding hydrogens is 436 g/mol. The molecule has 0 spiro atoms. The van der Waals surface area contributed by atoms with Crippen molar-refractivity contribution in [2.24, 2.45) is 4.99 Å². The summed E-state index contributed by atoms with van der Waals surface area (Å²) >= 11 is 1.35. The Morgan fingerprint density at radius 2 is 1.97 bits per heavy atom. The fourth-order valence-electron chi connectivity index (χ4n) is 3.85. The molecule has 3 heterocycles. The van der Waals surface area contributed by atoms with Crippen LogP contribution >= 0.6 is 11.8 Å². The van der Waals surface area contributed by atoms with Gasteiger partial charge >= 0.3 is 0 Å². The lowest BCUT2D eigenvalue weighted by atomic mass is 10.2. The minimum Gasteiger partial charge on any atom is -0.467 e. The highest BCUT2D eigenvalue weighted by Crippen LogP contribution is 2.36. The van der Waals surface area contributed by atoms with Crippen molar-refractivity contribution in [1.82, 2.24) is 4.90 Å². The van der Waals surface area contributed by atoms with E-state index < -0.39 is 0 Å². The van der Waals surface area contributed by atoms with E-state index in [-0.39, 0.29) is 11.8 Å². The monoisotopic (exact) mass is 458 g/mol. The van der Waals surface area contributed by atoms with Gasteiger partial charge in [-0.05, 0) is 66.2 Å². The highest BCUT2D eigenvalue weighted by Gasteiger charge is 2.35. The van der Waals surface area contributed by atoms with Crippen molar-refractivity contribution in [3.05, 3.63) is 89.4 Å². The van der Waals surface area contributed by atoms with Crippen LogP contribution in [0.3, 0.4) is 0 Å². The number of nitrogens with one attached hydrogen (secondary N) is 1. The minimum atomic E-state index is -0.131. The number of aliphatic imine (C=N–C) groups is 1. The van der Waals surface area contributed by atoms with E-state index in [0.29, 0.717) is 33.8 Å². The molecule has 0 bridgehead atoms. The lowest BCUT2D eigenvalue weighted by Crippen LogP contribution is -2.28. The second-order valence-corrected chi connectivity index (χ2v) is 8.77. The highest BCUT2D eigenvalue weighted by molar-refractivity contribution is 8.18. The van der Waals surface area contributed by atoms with Gasteiger partial charge in [-0.1, -0.05) is 18.2 Å². The van der Waals surface area contributed by atoms with Crippen molar-refractivity contribution in [3.63, 3.8) is 0 Å². The first kappa shape index (κ1) is 21.1. The molecule has 0 aliphatic carbocycles. The first-order chi connectivity index (χ1) is 16.1. The van der Waals surface area contributed by atoms with Gasteiger partial charge in [0.15, 0.2) is 5.17 Å². The number of furan rings is 1. The summed E-state index contributed by atoms with van der Waals surface area (Å²) in [4.78, 5) is 33.7. The largest absolute Gasteiger partial charge is 0.467 e. The van der Waals surface area contributed by atoms with Crippen LogP contribution in [0.2, 0.25) is 0 Å². The number of carbonyl (C=O) groups is 2. The fraction of sp³-hybridized carbons (Fsp3) is 0.160. The Morgan fingerprint density at radius 3 is 2.73 bits per heavy atom. The Morgan fingerprint density at radius 1 is 1.15 bits per heavy atom. The van der Waals surface area contributed by atoms with Crippen LogP contribution in [0.15, 0.2) is 87.4 Å². The van der Waals surface area contributed by atoms with Crippen LogP contribution in [0.1, 0.15) is 18.2 Å². The van der Waals surface area contributed by atoms with Gasteiger partial charge in [0, 0.05) is 31.0 Å². The lowest BCUT2D eigenvalue weighted by Gasteiger charge is -2.15. The van der Waals surface area contributed by atoms with Gasteiger partial charge in [0.1, 0.15) is 5.76 Å². The van der Waals surface area contributed by atoms with Crippen molar-refractivity contribution in [1.29, 1.82) is 0 Å². The van der Waals surface area contributed by atoms with Crippen molar-refractivity contribution >= 4 is 45.8 Å². The van der Waals surface area contributed by atoms with Gasteiger partial charge in [0.05, 0.1) is 23.4 Å². The van der Waals surface area contributed by atoms with E-state index in [1.807, 2.05) is 36.5 Å². The SMILES string of the molecule is CC(=O)Nc1ccc(N=C2SC(=CN3CCc4ccccc43)C(=O)N2Cc2ccco2)cc1. The van der Waals surface area contributed by atoms with Gasteiger partial charge in [0.2, 0.25) is 5.91 Å². The van der Waals surface area contributed by atoms with E-state index in [2.05, 4.69) is 22.3 Å². The van der Waals surface area contributed by atoms with Gasteiger partial charge in [0.25, 0.3) is 5.91 Å². The van der Waals surface area contributed by atoms with Crippen LogP contribution < -0.4 is 10.2 Å². The number of hydrogen-bond donors (Lipinski definition) is 1. The first-order valence-electron chi connectivity index (χ1n) is 10.6. The lowest BCUT2D eigenvalue weighted by molar-refractivity contribution is -0.122. The predicted octanol–water partition coefficient (Wildman–Crippen LogP) is 4.91. The summed E-state index contributed by atoms with van der Waals surface area (Å²) in [6.07, 6.45) is 4.48. The molecule has 0 atom stereocenters. The Labute approximate surface area is 195 Å². The molecule has 0 radical (unpaired) electrons. The predicted molar refractivity (Wildman–Crippen MR) is 130 cm³/mol. The molecule has 2 aliphatic rings. The van der Waals surface area contributed by atoms with Gasteiger partial charge in [-0.3, -0.25) is 14.5 Å². The number of fused-ring (bicyclic) bond motifs is 1. The molecule has 5 rings (SSSR count). The van der Waals surface area contributed by atoms with Crippen molar-refractivity contribution in [2.75, 3.05) is 16.8 Å². The number of para-hydroxylation sites is 1. The summed E-state index contributed by atoms with van der Waals surface area (Å²) in [7, 11) is 0. The number of amidine groups is 1. The number of nitrogens with zero attached hydrogens (tertiary/aromatic N) is 3. The van der Waals surface area contributed by atoms with E-state index in [9.17, 15) is 9.59 Å². The van der Waals surface area contributed by atoms with E-state index in [1.54, 1.807) is 29.4 Å². The molecule has 1 fully saturated rings. The van der Waals surface area contributed by atoms with E-state index in [4.69, 9.17) is 9.41 Å². The molecule has 33 heavy (non-hydrogen) atoms. The minimum absolute atomic E-state index is 0.102. The van der Waals surface area contributed by atoms with Crippen LogP contribution in [0.25, 0.3) is 0 Å². The number of benzene rings is 2. The third-order valence-corrected chi connectivity index (χ3v) is 6.38. The van der Waals surface area contributed by atoms with Gasteiger partial charge < -0.3 is 14.6 Å². The molecular formula is C25H22N4O3S. The van der Waals surface area contributed by atoms with Gasteiger partial charge in [-0.15, -0.1) is 0 Å². The average Bonchev–Trinajstić information content (AvgIpc) is 3.53. The number of hydrogen-bond acceptors (Lipinski definition) is 6. The number of rotatable bonds is 5. The Kier molecular flexibility index (Phi) is 5.75.